The van der Waals surface area contributed by atoms with Crippen LogP contribution in [-0.2, 0) is 6.42 Å². The van der Waals surface area contributed by atoms with Gasteiger partial charge in [-0.05, 0) is 43.2 Å². The molecule has 1 aliphatic carbocycles. The van der Waals surface area contributed by atoms with E-state index in [9.17, 15) is 9.59 Å². The second kappa shape index (κ2) is 6.45. The van der Waals surface area contributed by atoms with E-state index in [4.69, 9.17) is 0 Å². The van der Waals surface area contributed by atoms with Crippen LogP contribution in [0.25, 0.3) is 22.6 Å². The van der Waals surface area contributed by atoms with Crippen LogP contribution in [0.2, 0.25) is 0 Å². The molecule has 0 unspecified atom stereocenters. The molecule has 0 radical (unpaired) electrons. The van der Waals surface area contributed by atoms with Gasteiger partial charge in [-0.15, -0.1) is 0 Å². The summed E-state index contributed by atoms with van der Waals surface area (Å²) in [6, 6.07) is 23.4. The number of ketones is 1. The van der Waals surface area contributed by atoms with Gasteiger partial charge in [0.25, 0.3) is 5.56 Å². The first-order chi connectivity index (χ1) is 14.1. The smallest absolute Gasteiger partial charge is 0.283 e. The van der Waals surface area contributed by atoms with Crippen LogP contribution in [0.3, 0.4) is 0 Å². The molecule has 1 heterocycles. The van der Waals surface area contributed by atoms with E-state index in [2.05, 4.69) is 19.1 Å². The maximum absolute atomic E-state index is 13.5. The van der Waals surface area contributed by atoms with E-state index >= 15 is 0 Å². The van der Waals surface area contributed by atoms with Gasteiger partial charge in [0, 0.05) is 11.1 Å². The molecule has 0 bridgehead atoms. The van der Waals surface area contributed by atoms with Crippen molar-refractivity contribution in [3.05, 3.63) is 105 Å². The lowest BCUT2D eigenvalue weighted by molar-refractivity contribution is 0.104. The minimum Gasteiger partial charge on any atom is -0.288 e. The Labute approximate surface area is 168 Å². The highest BCUT2D eigenvalue weighted by atomic mass is 16.2. The second-order valence-electron chi connectivity index (χ2n) is 7.38. The Kier molecular flexibility index (Phi) is 3.88. The molecule has 0 saturated heterocycles. The monoisotopic (exact) mass is 380 g/mol. The first kappa shape index (κ1) is 17.4. The van der Waals surface area contributed by atoms with Crippen molar-refractivity contribution in [2.75, 3.05) is 0 Å². The molecular formula is C25H20N2O2. The quantitative estimate of drug-likeness (QED) is 0.455. The van der Waals surface area contributed by atoms with E-state index in [0.717, 1.165) is 28.9 Å². The van der Waals surface area contributed by atoms with Crippen molar-refractivity contribution in [1.82, 2.24) is 9.36 Å². The zero-order chi connectivity index (χ0) is 20.1. The van der Waals surface area contributed by atoms with Gasteiger partial charge in [-0.25, -0.2) is 9.36 Å². The first-order valence-electron chi connectivity index (χ1n) is 9.78. The van der Waals surface area contributed by atoms with Crippen LogP contribution in [0.15, 0.2) is 77.6 Å². The van der Waals surface area contributed by atoms with Gasteiger partial charge in [0.2, 0.25) is 5.78 Å². The molecule has 0 saturated carbocycles. The summed E-state index contributed by atoms with van der Waals surface area (Å²) in [5, 5.41) is 0. The summed E-state index contributed by atoms with van der Waals surface area (Å²) in [4.78, 5) is 26.5. The van der Waals surface area contributed by atoms with E-state index < -0.39 is 0 Å². The Balaban J connectivity index is 1.88. The standard InChI is InChI=1S/C25H20N2O2/c1-3-17-10-14-18(15-11-17)26-23-20-6-4-5-7-21(20)24(28)22(23)25(29)27(26)19-12-8-16(2)9-13-19/h4-15H,3H2,1-2H3. The number of nitrogens with zero attached hydrogens (tertiary/aromatic N) is 2. The molecule has 0 amide bonds. The van der Waals surface area contributed by atoms with E-state index in [-0.39, 0.29) is 16.9 Å². The zero-order valence-corrected chi connectivity index (χ0v) is 16.3. The van der Waals surface area contributed by atoms with Crippen LogP contribution < -0.4 is 5.56 Å². The van der Waals surface area contributed by atoms with Crippen molar-refractivity contribution < 1.29 is 4.79 Å². The fourth-order valence-corrected chi connectivity index (χ4v) is 4.02. The van der Waals surface area contributed by atoms with Crippen LogP contribution in [-0.4, -0.2) is 15.1 Å². The molecule has 0 fully saturated rings. The normalized spacial score (nSPS) is 12.1. The van der Waals surface area contributed by atoms with Gasteiger partial charge in [-0.2, -0.15) is 0 Å². The van der Waals surface area contributed by atoms with Gasteiger partial charge in [-0.3, -0.25) is 9.59 Å². The number of hydrogen-bond acceptors (Lipinski definition) is 2. The highest BCUT2D eigenvalue weighted by Crippen LogP contribution is 2.37. The fraction of sp³-hybridized carbons (Fsp3) is 0.120. The third kappa shape index (κ3) is 2.53. The summed E-state index contributed by atoms with van der Waals surface area (Å²) in [5.41, 5.74) is 5.93. The number of carbonyl (C=O) groups excluding carboxylic acids is 1. The van der Waals surface area contributed by atoms with Crippen LogP contribution in [0.4, 0.5) is 0 Å². The van der Waals surface area contributed by atoms with Crippen LogP contribution >= 0.6 is 0 Å². The maximum atomic E-state index is 13.5. The molecule has 0 aliphatic heterocycles. The summed E-state index contributed by atoms with van der Waals surface area (Å²) in [5.74, 6) is -0.203. The topological polar surface area (TPSA) is 44.0 Å². The number of aryl methyl sites for hydroxylation is 2. The minimum absolute atomic E-state index is 0.203. The number of hydrogen-bond donors (Lipinski definition) is 0. The largest absolute Gasteiger partial charge is 0.288 e. The number of fused-ring (bicyclic) bond motifs is 3. The molecule has 1 aliphatic rings. The Morgan fingerprint density at radius 3 is 1.97 bits per heavy atom. The van der Waals surface area contributed by atoms with E-state index in [1.54, 1.807) is 10.7 Å². The minimum atomic E-state index is -0.287. The summed E-state index contributed by atoms with van der Waals surface area (Å²) < 4.78 is 3.49. The average molecular weight is 380 g/mol. The molecule has 0 N–H and O–H groups in total. The fourth-order valence-electron chi connectivity index (χ4n) is 4.02. The van der Waals surface area contributed by atoms with Gasteiger partial charge in [-0.1, -0.05) is 61.0 Å². The Hall–Kier alpha value is -3.66. The van der Waals surface area contributed by atoms with Gasteiger partial charge in [0.1, 0.15) is 5.56 Å². The molecular weight excluding hydrogens is 360 g/mol. The number of rotatable bonds is 3. The SMILES string of the molecule is CCc1ccc(-n2c3c(c(=O)n2-c2ccc(C)cc2)C(=O)c2ccccc2-3)cc1. The molecule has 0 spiro atoms. The summed E-state index contributed by atoms with van der Waals surface area (Å²) in [6.07, 6.45) is 0.941. The molecule has 4 aromatic rings. The number of carbonyl (C=O) groups is 1. The van der Waals surface area contributed by atoms with Gasteiger partial charge >= 0.3 is 0 Å². The van der Waals surface area contributed by atoms with Gasteiger partial charge in [0.15, 0.2) is 0 Å². The van der Waals surface area contributed by atoms with E-state index in [1.807, 2.05) is 66.2 Å². The zero-order valence-electron chi connectivity index (χ0n) is 16.3. The average Bonchev–Trinajstić information content (AvgIpc) is 3.22. The van der Waals surface area contributed by atoms with E-state index in [1.165, 1.54) is 5.56 Å². The van der Waals surface area contributed by atoms with Crippen molar-refractivity contribution in [2.24, 2.45) is 0 Å². The molecule has 5 rings (SSSR count). The molecule has 3 aromatic carbocycles. The van der Waals surface area contributed by atoms with Crippen molar-refractivity contribution in [3.63, 3.8) is 0 Å². The molecule has 0 atom stereocenters. The molecule has 4 heteroatoms. The first-order valence-corrected chi connectivity index (χ1v) is 9.78. The second-order valence-corrected chi connectivity index (χ2v) is 7.38. The molecule has 4 nitrogen and oxygen atoms in total. The Bertz CT molecular complexity index is 1310. The lowest BCUT2D eigenvalue weighted by Crippen LogP contribution is -2.23. The number of benzene rings is 3. The van der Waals surface area contributed by atoms with Crippen molar-refractivity contribution in [1.29, 1.82) is 0 Å². The van der Waals surface area contributed by atoms with Crippen LogP contribution in [0.1, 0.15) is 34.0 Å². The predicted octanol–water partition coefficient (Wildman–Crippen LogP) is 4.71. The molecule has 142 valence electrons. The predicted molar refractivity (Wildman–Crippen MR) is 114 cm³/mol. The van der Waals surface area contributed by atoms with Crippen molar-refractivity contribution >= 4 is 5.78 Å². The maximum Gasteiger partial charge on any atom is 0.283 e. The molecule has 29 heavy (non-hydrogen) atoms. The Morgan fingerprint density at radius 1 is 0.724 bits per heavy atom. The van der Waals surface area contributed by atoms with Gasteiger partial charge < -0.3 is 0 Å². The Morgan fingerprint density at radius 2 is 1.31 bits per heavy atom. The van der Waals surface area contributed by atoms with Crippen LogP contribution in [0, 0.1) is 6.92 Å². The summed E-state index contributed by atoms with van der Waals surface area (Å²) in [6.45, 7) is 4.12. The summed E-state index contributed by atoms with van der Waals surface area (Å²) >= 11 is 0. The molecule has 1 aromatic heterocycles. The summed E-state index contributed by atoms with van der Waals surface area (Å²) in [7, 11) is 0. The number of aromatic nitrogens is 2. The third-order valence-electron chi connectivity index (χ3n) is 5.58. The van der Waals surface area contributed by atoms with Crippen molar-refractivity contribution in [3.8, 4) is 22.6 Å². The van der Waals surface area contributed by atoms with Crippen LogP contribution in [0.5, 0.6) is 0 Å². The van der Waals surface area contributed by atoms with E-state index in [0.29, 0.717) is 11.3 Å². The highest BCUT2D eigenvalue weighted by Gasteiger charge is 2.36. The lowest BCUT2D eigenvalue weighted by Gasteiger charge is -2.16. The van der Waals surface area contributed by atoms with Crippen molar-refractivity contribution in [2.45, 2.75) is 20.3 Å². The lowest BCUT2D eigenvalue weighted by atomic mass is 10.1. The highest BCUT2D eigenvalue weighted by molar-refractivity contribution is 6.21. The van der Waals surface area contributed by atoms with Gasteiger partial charge in [0.05, 0.1) is 17.1 Å². The third-order valence-corrected chi connectivity index (χ3v) is 5.58.